The average molecular weight is 412 g/mol. The summed E-state index contributed by atoms with van der Waals surface area (Å²) in [5, 5.41) is 8.33. The SMILES string of the molecule is Cc1nc(CCc2c(-c3ccccc3)noc2C)sc1C(=O)NC1CCOCC1. The Hall–Kier alpha value is -2.51. The van der Waals surface area contributed by atoms with Crippen molar-refractivity contribution in [3.05, 3.63) is 57.2 Å². The van der Waals surface area contributed by atoms with Crippen LogP contribution in [0.5, 0.6) is 0 Å². The Kier molecular flexibility index (Phi) is 6.06. The van der Waals surface area contributed by atoms with Gasteiger partial charge in [0, 0.05) is 36.8 Å². The molecular weight excluding hydrogens is 386 g/mol. The molecule has 1 saturated heterocycles. The van der Waals surface area contributed by atoms with Crippen LogP contribution in [0.1, 0.15) is 44.5 Å². The van der Waals surface area contributed by atoms with Crippen molar-refractivity contribution >= 4 is 17.2 Å². The Bertz CT molecular complexity index is 975. The van der Waals surface area contributed by atoms with Gasteiger partial charge in [0.05, 0.1) is 10.7 Å². The maximum atomic E-state index is 12.7. The Balaban J connectivity index is 1.44. The average Bonchev–Trinajstić information content (AvgIpc) is 3.30. The van der Waals surface area contributed by atoms with Crippen molar-refractivity contribution in [1.82, 2.24) is 15.5 Å². The predicted molar refractivity (Wildman–Crippen MR) is 112 cm³/mol. The highest BCUT2D eigenvalue weighted by Gasteiger charge is 2.21. The van der Waals surface area contributed by atoms with Gasteiger partial charge in [-0.15, -0.1) is 11.3 Å². The lowest BCUT2D eigenvalue weighted by Crippen LogP contribution is -2.38. The summed E-state index contributed by atoms with van der Waals surface area (Å²) in [5.74, 6) is 0.805. The summed E-state index contributed by atoms with van der Waals surface area (Å²) in [6, 6.07) is 10.2. The Morgan fingerprint density at radius 3 is 2.69 bits per heavy atom. The molecule has 3 heterocycles. The molecule has 3 aromatic rings. The molecule has 7 heteroatoms. The number of hydrogen-bond acceptors (Lipinski definition) is 6. The zero-order valence-electron chi connectivity index (χ0n) is 16.7. The van der Waals surface area contributed by atoms with E-state index in [4.69, 9.17) is 9.26 Å². The van der Waals surface area contributed by atoms with Crippen LogP contribution in [0, 0.1) is 13.8 Å². The van der Waals surface area contributed by atoms with E-state index >= 15 is 0 Å². The second kappa shape index (κ2) is 8.88. The lowest BCUT2D eigenvalue weighted by molar-refractivity contribution is 0.0698. The fraction of sp³-hybridized carbons (Fsp3) is 0.409. The normalized spacial score (nSPS) is 14.8. The zero-order chi connectivity index (χ0) is 20.2. The van der Waals surface area contributed by atoms with E-state index in [2.05, 4.69) is 15.5 Å². The molecule has 0 spiro atoms. The summed E-state index contributed by atoms with van der Waals surface area (Å²) in [6.07, 6.45) is 3.25. The largest absolute Gasteiger partial charge is 0.381 e. The first-order valence-electron chi connectivity index (χ1n) is 9.97. The summed E-state index contributed by atoms with van der Waals surface area (Å²) in [4.78, 5) is 18.0. The summed E-state index contributed by atoms with van der Waals surface area (Å²) in [6.45, 7) is 5.26. The minimum Gasteiger partial charge on any atom is -0.381 e. The first-order valence-corrected chi connectivity index (χ1v) is 10.8. The highest BCUT2D eigenvalue weighted by atomic mass is 32.1. The number of thiazole rings is 1. The smallest absolute Gasteiger partial charge is 0.263 e. The number of ether oxygens (including phenoxy) is 1. The van der Waals surface area contributed by atoms with Crippen LogP contribution in [0.4, 0.5) is 0 Å². The third kappa shape index (κ3) is 4.57. The van der Waals surface area contributed by atoms with E-state index in [1.165, 1.54) is 11.3 Å². The molecule has 0 aliphatic carbocycles. The van der Waals surface area contributed by atoms with E-state index in [1.807, 2.05) is 44.2 Å². The molecule has 4 rings (SSSR count). The van der Waals surface area contributed by atoms with Crippen LogP contribution < -0.4 is 5.32 Å². The summed E-state index contributed by atoms with van der Waals surface area (Å²) >= 11 is 1.48. The van der Waals surface area contributed by atoms with Crippen LogP contribution in [-0.4, -0.2) is 35.3 Å². The molecule has 0 unspecified atom stereocenters. The Morgan fingerprint density at radius 2 is 1.93 bits per heavy atom. The van der Waals surface area contributed by atoms with E-state index in [0.717, 1.165) is 59.0 Å². The minimum atomic E-state index is -0.0238. The second-order valence-corrected chi connectivity index (χ2v) is 8.40. The monoisotopic (exact) mass is 411 g/mol. The van der Waals surface area contributed by atoms with Gasteiger partial charge in [-0.3, -0.25) is 4.79 Å². The van der Waals surface area contributed by atoms with Gasteiger partial charge in [-0.25, -0.2) is 4.98 Å². The topological polar surface area (TPSA) is 77.2 Å². The molecule has 1 aliphatic rings. The van der Waals surface area contributed by atoms with E-state index in [1.54, 1.807) is 0 Å². The van der Waals surface area contributed by atoms with Crippen molar-refractivity contribution in [1.29, 1.82) is 0 Å². The van der Waals surface area contributed by atoms with Gasteiger partial charge in [-0.05, 0) is 33.1 Å². The van der Waals surface area contributed by atoms with Gasteiger partial charge in [0.25, 0.3) is 5.91 Å². The number of aryl methyl sites for hydroxylation is 3. The van der Waals surface area contributed by atoms with E-state index in [-0.39, 0.29) is 11.9 Å². The standard InChI is InChI=1S/C22H25N3O3S/c1-14-21(22(26)24-17-10-12-27-13-11-17)29-19(23-14)9-8-18-15(2)28-25-20(18)16-6-4-3-5-7-16/h3-7,17H,8-13H2,1-2H3,(H,24,26). The van der Waals surface area contributed by atoms with Crippen molar-refractivity contribution < 1.29 is 14.1 Å². The van der Waals surface area contributed by atoms with Gasteiger partial charge in [0.15, 0.2) is 0 Å². The van der Waals surface area contributed by atoms with Crippen LogP contribution in [-0.2, 0) is 17.6 Å². The Labute approximate surface area is 174 Å². The first-order chi connectivity index (χ1) is 14.1. The van der Waals surface area contributed by atoms with Gasteiger partial charge in [-0.2, -0.15) is 0 Å². The number of nitrogens with zero attached hydrogens (tertiary/aromatic N) is 2. The van der Waals surface area contributed by atoms with Gasteiger partial charge in [-0.1, -0.05) is 35.5 Å². The molecular formula is C22H25N3O3S. The highest BCUT2D eigenvalue weighted by Crippen LogP contribution is 2.27. The molecule has 0 atom stereocenters. The molecule has 0 radical (unpaired) electrons. The molecule has 1 aliphatic heterocycles. The summed E-state index contributed by atoms with van der Waals surface area (Å²) in [7, 11) is 0. The molecule has 1 fully saturated rings. The number of carbonyl (C=O) groups is 1. The zero-order valence-corrected chi connectivity index (χ0v) is 17.6. The number of amides is 1. The third-order valence-corrected chi connectivity index (χ3v) is 6.44. The van der Waals surface area contributed by atoms with Crippen molar-refractivity contribution in [2.75, 3.05) is 13.2 Å². The van der Waals surface area contributed by atoms with Gasteiger partial charge < -0.3 is 14.6 Å². The summed E-state index contributed by atoms with van der Waals surface area (Å²) in [5.41, 5.74) is 3.82. The second-order valence-electron chi connectivity index (χ2n) is 7.31. The quantitative estimate of drug-likeness (QED) is 0.661. The molecule has 152 valence electrons. The molecule has 1 amide bonds. The molecule has 29 heavy (non-hydrogen) atoms. The number of carbonyl (C=O) groups excluding carboxylic acids is 1. The molecule has 0 saturated carbocycles. The van der Waals surface area contributed by atoms with Crippen LogP contribution >= 0.6 is 11.3 Å². The summed E-state index contributed by atoms with van der Waals surface area (Å²) < 4.78 is 10.8. The van der Waals surface area contributed by atoms with Crippen LogP contribution in [0.3, 0.4) is 0 Å². The number of hydrogen-bond donors (Lipinski definition) is 1. The Morgan fingerprint density at radius 1 is 1.17 bits per heavy atom. The molecule has 1 N–H and O–H groups in total. The first kappa shape index (κ1) is 19.8. The lowest BCUT2D eigenvalue weighted by Gasteiger charge is -2.22. The third-order valence-electron chi connectivity index (χ3n) is 5.22. The van der Waals surface area contributed by atoms with Gasteiger partial charge in [0.1, 0.15) is 16.3 Å². The minimum absolute atomic E-state index is 0.0238. The molecule has 6 nitrogen and oxygen atoms in total. The van der Waals surface area contributed by atoms with Gasteiger partial charge in [0.2, 0.25) is 0 Å². The number of aromatic nitrogens is 2. The molecule has 1 aromatic carbocycles. The number of nitrogens with one attached hydrogen (secondary N) is 1. The lowest BCUT2D eigenvalue weighted by atomic mass is 10.0. The van der Waals surface area contributed by atoms with Gasteiger partial charge >= 0.3 is 0 Å². The van der Waals surface area contributed by atoms with Crippen molar-refractivity contribution in [3.63, 3.8) is 0 Å². The molecule has 2 aromatic heterocycles. The predicted octanol–water partition coefficient (Wildman–Crippen LogP) is 4.11. The highest BCUT2D eigenvalue weighted by molar-refractivity contribution is 7.13. The van der Waals surface area contributed by atoms with Crippen LogP contribution in [0.25, 0.3) is 11.3 Å². The maximum absolute atomic E-state index is 12.7. The fourth-order valence-corrected chi connectivity index (χ4v) is 4.57. The number of benzene rings is 1. The van der Waals surface area contributed by atoms with Crippen LogP contribution in [0.2, 0.25) is 0 Å². The van der Waals surface area contributed by atoms with E-state index < -0.39 is 0 Å². The fourth-order valence-electron chi connectivity index (χ4n) is 3.60. The number of rotatable bonds is 6. The van der Waals surface area contributed by atoms with Crippen LogP contribution in [0.15, 0.2) is 34.9 Å². The van der Waals surface area contributed by atoms with Crippen molar-refractivity contribution in [3.8, 4) is 11.3 Å². The molecule has 0 bridgehead atoms. The van der Waals surface area contributed by atoms with Crippen molar-refractivity contribution in [2.45, 2.75) is 45.6 Å². The van der Waals surface area contributed by atoms with E-state index in [0.29, 0.717) is 18.1 Å². The maximum Gasteiger partial charge on any atom is 0.263 e. The van der Waals surface area contributed by atoms with E-state index in [9.17, 15) is 4.79 Å². The van der Waals surface area contributed by atoms with Crippen molar-refractivity contribution in [2.24, 2.45) is 0 Å².